The number of ether oxygens (including phenoxy) is 2. The van der Waals surface area contributed by atoms with Crippen molar-refractivity contribution in [3.8, 4) is 22.9 Å². The second-order valence-electron chi connectivity index (χ2n) is 7.17. The number of benzene rings is 1. The molecule has 0 atom stereocenters. The Morgan fingerprint density at radius 3 is 2.66 bits per heavy atom. The van der Waals surface area contributed by atoms with Crippen molar-refractivity contribution >= 4 is 11.6 Å². The third kappa shape index (κ3) is 4.68. The van der Waals surface area contributed by atoms with Crippen molar-refractivity contribution in [1.82, 2.24) is 20.6 Å². The molecule has 4 rings (SSSR count). The van der Waals surface area contributed by atoms with Crippen LogP contribution >= 0.6 is 0 Å². The summed E-state index contributed by atoms with van der Waals surface area (Å²) in [6.45, 7) is 1.74. The van der Waals surface area contributed by atoms with Gasteiger partial charge >= 0.3 is 6.18 Å². The minimum Gasteiger partial charge on any atom is -0.493 e. The molecule has 0 aliphatic carbocycles. The standard InChI is InChI=1S/C22H21F3N4O3/c1-2-31-17-4-3-5-18(32-12-22(23,24)25)19(17)20-26-9-7-15(29-20)16-10-14-13(11-28-16)6-8-27-21(14)30/h3-5,7,9-10,28H,2,6,8,11-12H2,1H3,(H,27,30). The van der Waals surface area contributed by atoms with Gasteiger partial charge in [0.1, 0.15) is 17.1 Å². The van der Waals surface area contributed by atoms with E-state index < -0.39 is 12.8 Å². The minimum absolute atomic E-state index is 0.0346. The first-order valence-corrected chi connectivity index (χ1v) is 10.1. The highest BCUT2D eigenvalue weighted by Gasteiger charge is 2.30. The van der Waals surface area contributed by atoms with Gasteiger partial charge in [-0.2, -0.15) is 13.2 Å². The monoisotopic (exact) mass is 446 g/mol. The largest absolute Gasteiger partial charge is 0.493 e. The fourth-order valence-electron chi connectivity index (χ4n) is 3.55. The zero-order chi connectivity index (χ0) is 22.7. The van der Waals surface area contributed by atoms with Crippen molar-refractivity contribution in [3.63, 3.8) is 0 Å². The van der Waals surface area contributed by atoms with Gasteiger partial charge in [-0.25, -0.2) is 9.97 Å². The highest BCUT2D eigenvalue weighted by atomic mass is 19.4. The predicted octanol–water partition coefficient (Wildman–Crippen LogP) is 3.24. The average Bonchev–Trinajstić information content (AvgIpc) is 2.78. The molecule has 1 aromatic carbocycles. The number of nitrogens with zero attached hydrogens (tertiary/aromatic N) is 2. The fourth-order valence-corrected chi connectivity index (χ4v) is 3.55. The maximum Gasteiger partial charge on any atom is 0.422 e. The molecule has 2 aliphatic heterocycles. The molecular formula is C22H21F3N4O3. The normalized spacial score (nSPS) is 16.0. The predicted molar refractivity (Wildman–Crippen MR) is 111 cm³/mol. The zero-order valence-electron chi connectivity index (χ0n) is 17.3. The summed E-state index contributed by atoms with van der Waals surface area (Å²) in [5.74, 6) is 0.294. The van der Waals surface area contributed by atoms with Crippen LogP contribution in [0.5, 0.6) is 11.5 Å². The van der Waals surface area contributed by atoms with Gasteiger partial charge in [0.25, 0.3) is 5.91 Å². The van der Waals surface area contributed by atoms with Gasteiger partial charge in [0.15, 0.2) is 12.4 Å². The number of hydrogen-bond acceptors (Lipinski definition) is 6. The smallest absolute Gasteiger partial charge is 0.422 e. The van der Waals surface area contributed by atoms with Crippen molar-refractivity contribution in [1.29, 1.82) is 0 Å². The summed E-state index contributed by atoms with van der Waals surface area (Å²) in [6.07, 6.45) is -0.491. The number of alkyl halides is 3. The average molecular weight is 446 g/mol. The number of hydrogen-bond donors (Lipinski definition) is 2. The van der Waals surface area contributed by atoms with E-state index in [1.54, 1.807) is 31.2 Å². The number of nitrogens with one attached hydrogen (secondary N) is 2. The summed E-state index contributed by atoms with van der Waals surface area (Å²) >= 11 is 0. The molecule has 0 bridgehead atoms. The maximum atomic E-state index is 12.8. The molecule has 32 heavy (non-hydrogen) atoms. The van der Waals surface area contributed by atoms with Gasteiger partial charge in [-0.3, -0.25) is 4.79 Å². The van der Waals surface area contributed by atoms with E-state index >= 15 is 0 Å². The minimum atomic E-state index is -4.50. The lowest BCUT2D eigenvalue weighted by Gasteiger charge is -2.25. The van der Waals surface area contributed by atoms with E-state index in [1.807, 2.05) is 0 Å². The van der Waals surface area contributed by atoms with Crippen molar-refractivity contribution in [2.75, 3.05) is 26.3 Å². The molecule has 0 saturated carbocycles. The van der Waals surface area contributed by atoms with Crippen LogP contribution in [0.25, 0.3) is 17.1 Å². The van der Waals surface area contributed by atoms with Gasteiger partial charge in [0.2, 0.25) is 0 Å². The van der Waals surface area contributed by atoms with E-state index in [2.05, 4.69) is 20.6 Å². The Bertz CT molecular complexity index is 1100. The Morgan fingerprint density at radius 1 is 1.12 bits per heavy atom. The van der Waals surface area contributed by atoms with Crippen LogP contribution in [0, 0.1) is 0 Å². The van der Waals surface area contributed by atoms with Gasteiger partial charge in [-0.05, 0) is 43.2 Å². The molecule has 1 amide bonds. The van der Waals surface area contributed by atoms with Crippen LogP contribution in [0.1, 0.15) is 19.0 Å². The number of dihydropyridines is 1. The van der Waals surface area contributed by atoms with E-state index in [0.29, 0.717) is 42.4 Å². The number of carbonyl (C=O) groups is 1. The number of aromatic nitrogens is 2. The maximum absolute atomic E-state index is 12.8. The van der Waals surface area contributed by atoms with Crippen molar-refractivity contribution < 1.29 is 27.4 Å². The van der Waals surface area contributed by atoms with Crippen LogP contribution < -0.4 is 20.1 Å². The van der Waals surface area contributed by atoms with Crippen molar-refractivity contribution in [3.05, 3.63) is 53.4 Å². The molecule has 0 saturated heterocycles. The van der Waals surface area contributed by atoms with Gasteiger partial charge < -0.3 is 20.1 Å². The first-order chi connectivity index (χ1) is 15.4. The van der Waals surface area contributed by atoms with Crippen molar-refractivity contribution in [2.24, 2.45) is 0 Å². The van der Waals surface area contributed by atoms with E-state index in [1.165, 1.54) is 12.3 Å². The lowest BCUT2D eigenvalue weighted by atomic mass is 9.96. The number of carbonyl (C=O) groups excluding carboxylic acids is 1. The summed E-state index contributed by atoms with van der Waals surface area (Å²) < 4.78 is 48.9. The Labute approximate surface area is 182 Å². The second kappa shape index (κ2) is 8.89. The SMILES string of the molecule is CCOc1cccc(OCC(F)(F)F)c1-c1nccc(C2=CC3=C(CCNC3=O)CN2)n1. The summed E-state index contributed by atoms with van der Waals surface area (Å²) in [5, 5.41) is 6.07. The molecule has 3 heterocycles. The van der Waals surface area contributed by atoms with Crippen LogP contribution in [-0.2, 0) is 4.79 Å². The zero-order valence-corrected chi connectivity index (χ0v) is 17.3. The van der Waals surface area contributed by atoms with E-state index in [0.717, 1.165) is 12.0 Å². The highest BCUT2D eigenvalue weighted by Crippen LogP contribution is 2.38. The molecular weight excluding hydrogens is 425 g/mol. The summed E-state index contributed by atoms with van der Waals surface area (Å²) in [7, 11) is 0. The topological polar surface area (TPSA) is 85.4 Å². The molecule has 2 N–H and O–H groups in total. The quantitative estimate of drug-likeness (QED) is 0.709. The van der Waals surface area contributed by atoms with Crippen LogP contribution in [0.2, 0.25) is 0 Å². The molecule has 1 aromatic heterocycles. The van der Waals surface area contributed by atoms with E-state index in [9.17, 15) is 18.0 Å². The summed E-state index contributed by atoms with van der Waals surface area (Å²) in [4.78, 5) is 21.0. The van der Waals surface area contributed by atoms with Crippen molar-refractivity contribution in [2.45, 2.75) is 19.5 Å². The molecule has 7 nitrogen and oxygen atoms in total. The molecule has 10 heteroatoms. The second-order valence-corrected chi connectivity index (χ2v) is 7.17. The summed E-state index contributed by atoms with van der Waals surface area (Å²) in [6, 6.07) is 6.25. The molecule has 0 fully saturated rings. The third-order valence-electron chi connectivity index (χ3n) is 4.95. The van der Waals surface area contributed by atoms with Gasteiger partial charge in [0, 0.05) is 24.9 Å². The van der Waals surface area contributed by atoms with Gasteiger partial charge in [-0.1, -0.05) is 6.07 Å². The Kier molecular flexibility index (Phi) is 6.02. The molecule has 0 unspecified atom stereocenters. The van der Waals surface area contributed by atoms with Crippen LogP contribution in [0.3, 0.4) is 0 Å². The first-order valence-electron chi connectivity index (χ1n) is 10.1. The summed E-state index contributed by atoms with van der Waals surface area (Å²) in [5.41, 5.74) is 2.97. The molecule has 0 spiro atoms. The Balaban J connectivity index is 1.73. The van der Waals surface area contributed by atoms with E-state index in [4.69, 9.17) is 9.47 Å². The first kappa shape index (κ1) is 21.7. The highest BCUT2D eigenvalue weighted by molar-refractivity contribution is 6.00. The van der Waals surface area contributed by atoms with E-state index in [-0.39, 0.29) is 23.0 Å². The van der Waals surface area contributed by atoms with Crippen LogP contribution in [0.15, 0.2) is 47.7 Å². The number of rotatable bonds is 6. The Hall–Kier alpha value is -3.56. The number of halogens is 3. The van der Waals surface area contributed by atoms with Gasteiger partial charge in [0.05, 0.1) is 18.0 Å². The third-order valence-corrected chi connectivity index (χ3v) is 4.95. The molecule has 0 radical (unpaired) electrons. The fraction of sp³-hybridized carbons (Fsp3) is 0.318. The lowest BCUT2D eigenvalue weighted by Crippen LogP contribution is -2.36. The van der Waals surface area contributed by atoms with Crippen LogP contribution in [-0.4, -0.2) is 48.4 Å². The Morgan fingerprint density at radius 2 is 1.91 bits per heavy atom. The van der Waals surface area contributed by atoms with Crippen LogP contribution in [0.4, 0.5) is 13.2 Å². The number of amides is 1. The van der Waals surface area contributed by atoms with Gasteiger partial charge in [-0.15, -0.1) is 0 Å². The molecule has 2 aliphatic rings. The molecule has 2 aromatic rings. The lowest BCUT2D eigenvalue weighted by molar-refractivity contribution is -0.153. The molecule has 168 valence electrons.